The molecular formula is C54H36B2N4. The van der Waals surface area contributed by atoms with Crippen LogP contribution in [0.5, 0.6) is 0 Å². The van der Waals surface area contributed by atoms with Crippen LogP contribution in [0.15, 0.2) is 218 Å². The monoisotopic (exact) mass is 762 g/mol. The molecular weight excluding hydrogens is 726 g/mol. The van der Waals surface area contributed by atoms with Gasteiger partial charge in [0.25, 0.3) is 13.4 Å². The van der Waals surface area contributed by atoms with E-state index in [2.05, 4.69) is 238 Å². The average Bonchev–Trinajstić information content (AvgIpc) is 3.33. The van der Waals surface area contributed by atoms with E-state index in [-0.39, 0.29) is 13.4 Å². The summed E-state index contributed by atoms with van der Waals surface area (Å²) in [5.74, 6) is 0. The molecule has 60 heavy (non-hydrogen) atoms. The molecule has 0 amide bonds. The number of hydrogen-bond acceptors (Lipinski definition) is 4. The lowest BCUT2D eigenvalue weighted by molar-refractivity contribution is 1.19. The first-order valence-corrected chi connectivity index (χ1v) is 20.9. The van der Waals surface area contributed by atoms with Gasteiger partial charge in [-0.1, -0.05) is 146 Å². The molecule has 4 aliphatic heterocycles. The van der Waals surface area contributed by atoms with Crippen molar-refractivity contribution in [2.75, 3.05) is 19.6 Å². The Morgan fingerprint density at radius 2 is 0.417 bits per heavy atom. The maximum absolute atomic E-state index is 2.58. The molecule has 0 aromatic heterocycles. The van der Waals surface area contributed by atoms with E-state index in [4.69, 9.17) is 0 Å². The van der Waals surface area contributed by atoms with Gasteiger partial charge in [0.15, 0.2) is 0 Å². The summed E-state index contributed by atoms with van der Waals surface area (Å²) in [4.78, 5) is 10.3. The minimum Gasteiger partial charge on any atom is -0.309 e. The minimum absolute atomic E-state index is 0.0492. The van der Waals surface area contributed by atoms with Gasteiger partial charge in [0.1, 0.15) is 0 Å². The highest BCUT2D eigenvalue weighted by molar-refractivity contribution is 7.03. The molecule has 0 atom stereocenters. The van der Waals surface area contributed by atoms with Crippen LogP contribution in [0.2, 0.25) is 0 Å². The van der Waals surface area contributed by atoms with Crippen LogP contribution in [0.25, 0.3) is 0 Å². The van der Waals surface area contributed by atoms with Gasteiger partial charge in [-0.05, 0) is 106 Å². The van der Waals surface area contributed by atoms with Crippen molar-refractivity contribution < 1.29 is 0 Å². The van der Waals surface area contributed by atoms with Crippen LogP contribution in [-0.2, 0) is 0 Å². The van der Waals surface area contributed by atoms with Crippen LogP contribution in [0.1, 0.15) is 0 Å². The van der Waals surface area contributed by atoms with Gasteiger partial charge in [-0.15, -0.1) is 0 Å². The van der Waals surface area contributed by atoms with E-state index in [1.165, 1.54) is 78.3 Å². The summed E-state index contributed by atoms with van der Waals surface area (Å²) in [5, 5.41) is 0. The topological polar surface area (TPSA) is 13.0 Å². The lowest BCUT2D eigenvalue weighted by Gasteiger charge is -2.52. The minimum atomic E-state index is -0.0492. The highest BCUT2D eigenvalue weighted by atomic mass is 15.3. The fraction of sp³-hybridized carbons (Fsp3) is 0. The van der Waals surface area contributed by atoms with Crippen LogP contribution in [-0.4, -0.2) is 13.4 Å². The molecule has 0 radical (unpaired) electrons. The molecule has 4 aliphatic rings. The Bertz CT molecular complexity index is 2720. The van der Waals surface area contributed by atoms with Gasteiger partial charge in [-0.3, -0.25) is 0 Å². The normalized spacial score (nSPS) is 13.8. The predicted octanol–water partition coefficient (Wildman–Crippen LogP) is 9.85. The Balaban J connectivity index is 1.31. The number of hydrogen-bond donors (Lipinski definition) is 0. The highest BCUT2D eigenvalue weighted by Gasteiger charge is 2.53. The van der Waals surface area contributed by atoms with Crippen LogP contribution >= 0.6 is 0 Å². The van der Waals surface area contributed by atoms with Gasteiger partial charge in [0, 0.05) is 45.5 Å². The SMILES string of the molecule is c1ccc(N2c3ccccc3B3c4ccccc4N(c4ccccc4)c4c3c2c2c3c4N(c4ccccc4)c4ccccc4B3c3ccccc3N2c2ccccc2)cc1. The summed E-state index contributed by atoms with van der Waals surface area (Å²) >= 11 is 0. The summed E-state index contributed by atoms with van der Waals surface area (Å²) in [6.07, 6.45) is 0. The summed E-state index contributed by atoms with van der Waals surface area (Å²) in [5.41, 5.74) is 22.0. The molecule has 0 saturated heterocycles. The highest BCUT2D eigenvalue weighted by Crippen LogP contribution is 2.56. The van der Waals surface area contributed by atoms with Crippen molar-refractivity contribution in [3.63, 3.8) is 0 Å². The first kappa shape index (κ1) is 33.3. The lowest BCUT2D eigenvalue weighted by atomic mass is 9.30. The fourth-order valence-corrected chi connectivity index (χ4v) is 10.7. The molecule has 9 aromatic carbocycles. The third kappa shape index (κ3) is 4.53. The number of fused-ring (bicyclic) bond motifs is 10. The Morgan fingerprint density at radius 1 is 0.217 bits per heavy atom. The van der Waals surface area contributed by atoms with Gasteiger partial charge in [-0.25, -0.2) is 0 Å². The molecule has 0 unspecified atom stereocenters. The van der Waals surface area contributed by atoms with Gasteiger partial charge < -0.3 is 19.6 Å². The number of rotatable bonds is 4. The summed E-state index contributed by atoms with van der Waals surface area (Å²) in [6.45, 7) is -0.0983. The molecule has 9 aromatic rings. The number of anilines is 12. The molecule has 0 saturated carbocycles. The number of nitrogens with zero attached hydrogens (tertiary/aromatic N) is 4. The van der Waals surface area contributed by atoms with Gasteiger partial charge >= 0.3 is 0 Å². The van der Waals surface area contributed by atoms with E-state index in [1.807, 2.05) is 0 Å². The van der Waals surface area contributed by atoms with Crippen LogP contribution in [0, 0.1) is 0 Å². The van der Waals surface area contributed by atoms with Crippen LogP contribution < -0.4 is 52.4 Å². The second kappa shape index (κ2) is 12.9. The van der Waals surface area contributed by atoms with Crippen molar-refractivity contribution in [2.24, 2.45) is 0 Å². The zero-order valence-electron chi connectivity index (χ0n) is 32.7. The predicted molar refractivity (Wildman–Crippen MR) is 254 cm³/mol. The molecule has 0 aliphatic carbocycles. The van der Waals surface area contributed by atoms with E-state index in [0.717, 1.165) is 22.7 Å². The van der Waals surface area contributed by atoms with E-state index in [0.29, 0.717) is 0 Å². The molecule has 0 bridgehead atoms. The molecule has 0 fully saturated rings. The maximum atomic E-state index is 2.58. The van der Waals surface area contributed by atoms with E-state index >= 15 is 0 Å². The van der Waals surface area contributed by atoms with E-state index in [9.17, 15) is 0 Å². The molecule has 6 heteroatoms. The standard InChI is InChI=1S/C54H36B2N4/c1-5-21-37(22-6-1)57-45-33-17-13-29-41(45)55-42-30-14-19-35-47(42)59(39-25-9-3-10-26-39)53-49(55)51(57)52-50-54(53)60(40-27-11-4-12-28-40)48-36-20-16-32-44(48)56(50)43-31-15-18-34-46(43)58(52)38-23-7-2-8-24-38/h1-36H. The van der Waals surface area contributed by atoms with Crippen molar-refractivity contribution in [1.29, 1.82) is 0 Å². The number of para-hydroxylation sites is 8. The molecule has 0 N–H and O–H groups in total. The third-order valence-electron chi connectivity index (χ3n) is 13.0. The molecule has 0 spiro atoms. The largest absolute Gasteiger partial charge is 0.309 e. The van der Waals surface area contributed by atoms with Crippen molar-refractivity contribution in [1.82, 2.24) is 0 Å². The Kier molecular flexibility index (Phi) is 7.16. The van der Waals surface area contributed by atoms with Gasteiger partial charge in [0.2, 0.25) is 0 Å². The van der Waals surface area contributed by atoms with Gasteiger partial charge in [0.05, 0.1) is 22.7 Å². The quantitative estimate of drug-likeness (QED) is 0.166. The molecule has 4 heterocycles. The third-order valence-corrected chi connectivity index (χ3v) is 13.0. The van der Waals surface area contributed by atoms with Crippen molar-refractivity contribution in [2.45, 2.75) is 0 Å². The summed E-state index contributed by atoms with van der Waals surface area (Å²) in [7, 11) is 0. The Hall–Kier alpha value is -7.69. The molecule has 13 rings (SSSR count). The fourth-order valence-electron chi connectivity index (χ4n) is 10.7. The van der Waals surface area contributed by atoms with E-state index < -0.39 is 0 Å². The second-order valence-electron chi connectivity index (χ2n) is 16.0. The lowest BCUT2D eigenvalue weighted by Crippen LogP contribution is -2.66. The van der Waals surface area contributed by atoms with Crippen molar-refractivity contribution in [3.8, 4) is 0 Å². The first-order valence-electron chi connectivity index (χ1n) is 20.9. The van der Waals surface area contributed by atoms with Gasteiger partial charge in [-0.2, -0.15) is 0 Å². The van der Waals surface area contributed by atoms with Crippen molar-refractivity contribution in [3.05, 3.63) is 218 Å². The van der Waals surface area contributed by atoms with E-state index in [1.54, 1.807) is 0 Å². The summed E-state index contributed by atoms with van der Waals surface area (Å²) in [6, 6.07) is 80.5. The van der Waals surface area contributed by atoms with Crippen LogP contribution in [0.3, 0.4) is 0 Å². The average molecular weight is 763 g/mol. The first-order chi connectivity index (χ1) is 29.9. The second-order valence-corrected chi connectivity index (χ2v) is 16.0. The zero-order valence-corrected chi connectivity index (χ0v) is 32.7. The Morgan fingerprint density at radius 3 is 0.650 bits per heavy atom. The van der Waals surface area contributed by atoms with Crippen molar-refractivity contribution >= 4 is 114 Å². The Labute approximate surface area is 351 Å². The smallest absolute Gasteiger partial charge is 0.252 e. The number of benzene rings is 9. The van der Waals surface area contributed by atoms with Crippen LogP contribution in [0.4, 0.5) is 68.2 Å². The molecule has 4 nitrogen and oxygen atoms in total. The summed E-state index contributed by atoms with van der Waals surface area (Å²) < 4.78 is 0. The molecule has 278 valence electrons. The zero-order chi connectivity index (χ0) is 39.3. The maximum Gasteiger partial charge on any atom is 0.252 e.